The van der Waals surface area contributed by atoms with Crippen LogP contribution in [0.3, 0.4) is 0 Å². The molecule has 2 N–H and O–H groups in total. The standard InChI is InChI=1S/C17H30F3N3O/c18-17(19,20)13-23-11-6-15(7-12-23)5-10-22-16(24)2-1-14-3-8-21-9-4-14/h14-15,21H,1-13H2,(H,22,24). The van der Waals surface area contributed by atoms with Gasteiger partial charge in [-0.25, -0.2) is 0 Å². The maximum atomic E-state index is 12.3. The normalized spacial score (nSPS) is 21.8. The number of nitrogens with zero attached hydrogens (tertiary/aromatic N) is 1. The molecule has 140 valence electrons. The van der Waals surface area contributed by atoms with E-state index in [9.17, 15) is 18.0 Å². The molecule has 0 saturated carbocycles. The molecule has 0 radical (unpaired) electrons. The number of rotatable bonds is 7. The van der Waals surface area contributed by atoms with Crippen molar-refractivity contribution in [2.24, 2.45) is 11.8 Å². The van der Waals surface area contributed by atoms with E-state index in [0.29, 0.717) is 37.9 Å². The van der Waals surface area contributed by atoms with Crippen LogP contribution >= 0.6 is 0 Å². The number of hydrogen-bond acceptors (Lipinski definition) is 3. The molecule has 0 atom stereocenters. The van der Waals surface area contributed by atoms with Gasteiger partial charge in [-0.15, -0.1) is 0 Å². The summed E-state index contributed by atoms with van der Waals surface area (Å²) in [6.45, 7) is 2.97. The Balaban J connectivity index is 1.50. The maximum absolute atomic E-state index is 12.3. The van der Waals surface area contributed by atoms with Crippen LogP contribution in [-0.4, -0.2) is 56.3 Å². The van der Waals surface area contributed by atoms with Crippen molar-refractivity contribution in [3.63, 3.8) is 0 Å². The minimum absolute atomic E-state index is 0.114. The van der Waals surface area contributed by atoms with Crippen molar-refractivity contribution in [1.29, 1.82) is 0 Å². The molecule has 0 aromatic carbocycles. The Hall–Kier alpha value is -0.820. The fourth-order valence-electron chi connectivity index (χ4n) is 3.70. The fourth-order valence-corrected chi connectivity index (χ4v) is 3.70. The second kappa shape index (κ2) is 9.61. The number of carbonyl (C=O) groups excluding carboxylic acids is 1. The number of likely N-dealkylation sites (tertiary alicyclic amines) is 1. The Morgan fingerprint density at radius 2 is 1.67 bits per heavy atom. The van der Waals surface area contributed by atoms with Gasteiger partial charge in [-0.1, -0.05) is 0 Å². The molecule has 2 aliphatic heterocycles. The number of carbonyl (C=O) groups is 1. The summed E-state index contributed by atoms with van der Waals surface area (Å²) in [6, 6.07) is 0. The Labute approximate surface area is 142 Å². The first-order chi connectivity index (χ1) is 11.4. The molecule has 0 unspecified atom stereocenters. The van der Waals surface area contributed by atoms with Gasteiger partial charge in [0.25, 0.3) is 0 Å². The summed E-state index contributed by atoms with van der Waals surface area (Å²) in [5.41, 5.74) is 0. The van der Waals surface area contributed by atoms with Crippen LogP contribution in [0.15, 0.2) is 0 Å². The van der Waals surface area contributed by atoms with Gasteiger partial charge in [0.1, 0.15) is 0 Å². The number of halogens is 3. The summed E-state index contributed by atoms with van der Waals surface area (Å²) in [5, 5.41) is 6.29. The van der Waals surface area contributed by atoms with Crippen LogP contribution in [0.1, 0.15) is 44.9 Å². The molecule has 24 heavy (non-hydrogen) atoms. The molecule has 0 aromatic heterocycles. The first-order valence-electron chi connectivity index (χ1n) is 9.19. The van der Waals surface area contributed by atoms with Crippen molar-refractivity contribution in [3.8, 4) is 0 Å². The van der Waals surface area contributed by atoms with Crippen LogP contribution in [0.2, 0.25) is 0 Å². The average Bonchev–Trinajstić information content (AvgIpc) is 2.54. The molecule has 0 spiro atoms. The SMILES string of the molecule is O=C(CCC1CCNCC1)NCCC1CCN(CC(F)(F)F)CC1. The van der Waals surface area contributed by atoms with Crippen LogP contribution in [0.5, 0.6) is 0 Å². The lowest BCUT2D eigenvalue weighted by atomic mass is 9.92. The first kappa shape index (κ1) is 19.5. The molecule has 1 amide bonds. The van der Waals surface area contributed by atoms with E-state index in [1.54, 1.807) is 0 Å². The van der Waals surface area contributed by atoms with Gasteiger partial charge in [0.15, 0.2) is 0 Å². The van der Waals surface area contributed by atoms with Crippen LogP contribution in [0, 0.1) is 11.8 Å². The topological polar surface area (TPSA) is 44.4 Å². The van der Waals surface area contributed by atoms with Gasteiger partial charge >= 0.3 is 6.18 Å². The lowest BCUT2D eigenvalue weighted by molar-refractivity contribution is -0.148. The van der Waals surface area contributed by atoms with E-state index in [-0.39, 0.29) is 5.91 Å². The van der Waals surface area contributed by atoms with Gasteiger partial charge in [-0.3, -0.25) is 9.69 Å². The van der Waals surface area contributed by atoms with Crippen LogP contribution < -0.4 is 10.6 Å². The van der Waals surface area contributed by atoms with E-state index >= 15 is 0 Å². The Bertz CT molecular complexity index is 376. The van der Waals surface area contributed by atoms with Crippen LogP contribution in [-0.2, 0) is 4.79 Å². The largest absolute Gasteiger partial charge is 0.401 e. The molecule has 7 heteroatoms. The van der Waals surface area contributed by atoms with Crippen LogP contribution in [0.4, 0.5) is 13.2 Å². The van der Waals surface area contributed by atoms with Crippen LogP contribution in [0.25, 0.3) is 0 Å². The molecular formula is C17H30F3N3O. The summed E-state index contributed by atoms with van der Waals surface area (Å²) >= 11 is 0. The molecule has 0 aromatic rings. The summed E-state index contributed by atoms with van der Waals surface area (Å²) in [5.74, 6) is 1.21. The van der Waals surface area contributed by atoms with Gasteiger partial charge in [0, 0.05) is 13.0 Å². The second-order valence-electron chi connectivity index (χ2n) is 7.21. The van der Waals surface area contributed by atoms with Crippen molar-refractivity contribution in [2.45, 2.75) is 51.1 Å². The third-order valence-electron chi connectivity index (χ3n) is 5.22. The van der Waals surface area contributed by atoms with Crippen molar-refractivity contribution in [3.05, 3.63) is 0 Å². The lowest BCUT2D eigenvalue weighted by Crippen LogP contribution is -2.40. The van der Waals surface area contributed by atoms with E-state index in [0.717, 1.165) is 51.6 Å². The van der Waals surface area contributed by atoms with Gasteiger partial charge in [0.2, 0.25) is 5.91 Å². The quantitative estimate of drug-likeness (QED) is 0.742. The molecular weight excluding hydrogens is 319 g/mol. The third-order valence-corrected chi connectivity index (χ3v) is 5.22. The second-order valence-corrected chi connectivity index (χ2v) is 7.21. The molecule has 2 aliphatic rings. The Kier molecular flexibility index (Phi) is 7.81. The lowest BCUT2D eigenvalue weighted by Gasteiger charge is -2.32. The molecule has 2 saturated heterocycles. The van der Waals surface area contributed by atoms with Crippen molar-refractivity contribution in [2.75, 3.05) is 39.3 Å². The molecule has 2 fully saturated rings. The van der Waals surface area contributed by atoms with E-state index in [2.05, 4.69) is 10.6 Å². The highest BCUT2D eigenvalue weighted by atomic mass is 19.4. The molecule has 4 nitrogen and oxygen atoms in total. The first-order valence-corrected chi connectivity index (χ1v) is 9.19. The minimum Gasteiger partial charge on any atom is -0.356 e. The summed E-state index contributed by atoms with van der Waals surface area (Å²) < 4.78 is 37.0. The maximum Gasteiger partial charge on any atom is 0.401 e. The minimum atomic E-state index is -4.10. The average molecular weight is 349 g/mol. The summed E-state index contributed by atoms with van der Waals surface area (Å²) in [4.78, 5) is 13.4. The number of piperidine rings is 2. The Morgan fingerprint density at radius 3 is 2.29 bits per heavy atom. The zero-order chi connectivity index (χ0) is 17.4. The van der Waals surface area contributed by atoms with Gasteiger partial charge in [-0.05, 0) is 76.5 Å². The van der Waals surface area contributed by atoms with E-state index in [1.807, 2.05) is 0 Å². The fraction of sp³-hybridized carbons (Fsp3) is 0.941. The summed E-state index contributed by atoms with van der Waals surface area (Å²) in [6.07, 6.45) is 2.22. The monoisotopic (exact) mass is 349 g/mol. The third kappa shape index (κ3) is 7.83. The van der Waals surface area contributed by atoms with Crippen molar-refractivity contribution < 1.29 is 18.0 Å². The van der Waals surface area contributed by atoms with Crippen molar-refractivity contribution >= 4 is 5.91 Å². The number of alkyl halides is 3. The summed E-state index contributed by atoms with van der Waals surface area (Å²) in [7, 11) is 0. The van der Waals surface area contributed by atoms with Gasteiger partial charge < -0.3 is 10.6 Å². The predicted octanol–water partition coefficient (Wildman–Crippen LogP) is 2.55. The predicted molar refractivity (Wildman–Crippen MR) is 87.7 cm³/mol. The smallest absolute Gasteiger partial charge is 0.356 e. The zero-order valence-electron chi connectivity index (χ0n) is 14.3. The molecule has 0 aliphatic carbocycles. The zero-order valence-corrected chi connectivity index (χ0v) is 14.3. The molecule has 2 heterocycles. The van der Waals surface area contributed by atoms with Gasteiger partial charge in [0.05, 0.1) is 6.54 Å². The highest BCUT2D eigenvalue weighted by molar-refractivity contribution is 5.75. The highest BCUT2D eigenvalue weighted by Crippen LogP contribution is 2.24. The Morgan fingerprint density at radius 1 is 1.04 bits per heavy atom. The van der Waals surface area contributed by atoms with E-state index in [4.69, 9.17) is 0 Å². The van der Waals surface area contributed by atoms with E-state index in [1.165, 1.54) is 4.90 Å². The number of hydrogen-bond donors (Lipinski definition) is 2. The number of nitrogens with one attached hydrogen (secondary N) is 2. The molecule has 2 rings (SSSR count). The van der Waals surface area contributed by atoms with Crippen molar-refractivity contribution in [1.82, 2.24) is 15.5 Å². The van der Waals surface area contributed by atoms with E-state index < -0.39 is 12.7 Å². The highest BCUT2D eigenvalue weighted by Gasteiger charge is 2.32. The molecule has 0 bridgehead atoms. The number of amides is 1. The van der Waals surface area contributed by atoms with Gasteiger partial charge in [-0.2, -0.15) is 13.2 Å².